The Morgan fingerprint density at radius 3 is 2.89 bits per heavy atom. The topological polar surface area (TPSA) is 66.1 Å². The van der Waals surface area contributed by atoms with Gasteiger partial charge in [0.15, 0.2) is 0 Å². The van der Waals surface area contributed by atoms with Crippen molar-refractivity contribution in [2.75, 3.05) is 0 Å². The number of halogens is 1. The van der Waals surface area contributed by atoms with Gasteiger partial charge in [-0.05, 0) is 30.7 Å². The van der Waals surface area contributed by atoms with Crippen molar-refractivity contribution in [3.63, 3.8) is 0 Å². The van der Waals surface area contributed by atoms with Gasteiger partial charge in [0.25, 0.3) is 0 Å². The summed E-state index contributed by atoms with van der Waals surface area (Å²) in [5.74, 6) is -0.357. The van der Waals surface area contributed by atoms with Crippen LogP contribution in [0.25, 0.3) is 0 Å². The van der Waals surface area contributed by atoms with Crippen LogP contribution in [0.15, 0.2) is 36.5 Å². The molecule has 5 heteroatoms. The Morgan fingerprint density at radius 2 is 2.21 bits per heavy atom. The summed E-state index contributed by atoms with van der Waals surface area (Å²) >= 11 is 0. The Bertz CT molecular complexity index is 636. The summed E-state index contributed by atoms with van der Waals surface area (Å²) in [6, 6.07) is 9.05. The lowest BCUT2D eigenvalue weighted by Crippen LogP contribution is -1.96. The zero-order valence-corrected chi connectivity index (χ0v) is 10.2. The van der Waals surface area contributed by atoms with Gasteiger partial charge in [0, 0.05) is 12.3 Å². The average molecular weight is 258 g/mol. The minimum atomic E-state index is -0.659. The molecule has 0 saturated heterocycles. The summed E-state index contributed by atoms with van der Waals surface area (Å²) in [4.78, 5) is 3.96. The van der Waals surface area contributed by atoms with Crippen molar-refractivity contribution in [3.8, 4) is 17.7 Å². The number of ether oxygens (including phenoxy) is 1. The molecule has 1 atom stereocenters. The SMILES string of the molecule is C[C@H](O)c1ccnc(Oc2cccc(F)c2C#N)c1. The first-order valence-corrected chi connectivity index (χ1v) is 5.62. The van der Waals surface area contributed by atoms with Crippen molar-refractivity contribution in [1.82, 2.24) is 4.98 Å². The van der Waals surface area contributed by atoms with E-state index >= 15 is 0 Å². The third kappa shape index (κ3) is 2.87. The Labute approximate surface area is 109 Å². The van der Waals surface area contributed by atoms with Crippen LogP contribution >= 0.6 is 0 Å². The van der Waals surface area contributed by atoms with E-state index in [4.69, 9.17) is 10.00 Å². The smallest absolute Gasteiger partial charge is 0.219 e. The van der Waals surface area contributed by atoms with Crippen molar-refractivity contribution in [2.24, 2.45) is 0 Å². The van der Waals surface area contributed by atoms with E-state index in [2.05, 4.69) is 4.98 Å². The van der Waals surface area contributed by atoms with Gasteiger partial charge in [0.05, 0.1) is 6.10 Å². The van der Waals surface area contributed by atoms with E-state index in [1.807, 2.05) is 0 Å². The van der Waals surface area contributed by atoms with Gasteiger partial charge >= 0.3 is 0 Å². The molecule has 0 amide bonds. The lowest BCUT2D eigenvalue weighted by atomic mass is 10.2. The van der Waals surface area contributed by atoms with Crippen LogP contribution in [0.1, 0.15) is 24.2 Å². The van der Waals surface area contributed by atoms with Gasteiger partial charge in [-0.2, -0.15) is 5.26 Å². The fourth-order valence-corrected chi connectivity index (χ4v) is 1.55. The molecule has 0 radical (unpaired) electrons. The Hall–Kier alpha value is -2.45. The maximum Gasteiger partial charge on any atom is 0.219 e. The van der Waals surface area contributed by atoms with Crippen molar-refractivity contribution in [3.05, 3.63) is 53.5 Å². The molecular weight excluding hydrogens is 247 g/mol. The standard InChI is InChI=1S/C14H11FN2O2/c1-9(18)10-5-6-17-14(7-10)19-13-4-2-3-12(15)11(13)8-16/h2-7,9,18H,1H3/t9-/m0/s1. The predicted molar refractivity (Wildman–Crippen MR) is 66.1 cm³/mol. The van der Waals surface area contributed by atoms with Gasteiger partial charge in [0.1, 0.15) is 23.2 Å². The highest BCUT2D eigenvalue weighted by atomic mass is 19.1. The van der Waals surface area contributed by atoms with Gasteiger partial charge in [-0.15, -0.1) is 0 Å². The van der Waals surface area contributed by atoms with Crippen molar-refractivity contribution >= 4 is 0 Å². The molecule has 0 aliphatic heterocycles. The number of pyridine rings is 1. The summed E-state index contributed by atoms with van der Waals surface area (Å²) in [7, 11) is 0. The zero-order valence-electron chi connectivity index (χ0n) is 10.2. The monoisotopic (exact) mass is 258 g/mol. The lowest BCUT2D eigenvalue weighted by molar-refractivity contribution is 0.198. The molecule has 96 valence electrons. The minimum absolute atomic E-state index is 0.0951. The highest BCUT2D eigenvalue weighted by Gasteiger charge is 2.11. The number of aliphatic hydroxyl groups excluding tert-OH is 1. The van der Waals surface area contributed by atoms with Crippen LogP contribution in [-0.4, -0.2) is 10.1 Å². The molecule has 1 aromatic carbocycles. The molecule has 1 N–H and O–H groups in total. The Balaban J connectivity index is 2.34. The third-order valence-corrected chi connectivity index (χ3v) is 2.54. The molecule has 0 unspecified atom stereocenters. The summed E-state index contributed by atoms with van der Waals surface area (Å²) < 4.78 is 18.8. The normalized spacial score (nSPS) is 11.7. The molecule has 1 aromatic heterocycles. The van der Waals surface area contributed by atoms with Crippen LogP contribution in [0.2, 0.25) is 0 Å². The first-order chi connectivity index (χ1) is 9.11. The molecule has 0 aliphatic rings. The van der Waals surface area contributed by atoms with E-state index in [1.165, 1.54) is 30.5 Å². The molecular formula is C14H11FN2O2. The van der Waals surface area contributed by atoms with E-state index in [0.29, 0.717) is 5.56 Å². The number of rotatable bonds is 3. The summed E-state index contributed by atoms with van der Waals surface area (Å²) in [5.41, 5.74) is 0.451. The largest absolute Gasteiger partial charge is 0.438 e. The number of aromatic nitrogens is 1. The van der Waals surface area contributed by atoms with Gasteiger partial charge in [-0.3, -0.25) is 0 Å². The van der Waals surface area contributed by atoms with E-state index in [-0.39, 0.29) is 17.2 Å². The molecule has 0 bridgehead atoms. The number of benzene rings is 1. The first kappa shape index (κ1) is 13.0. The van der Waals surface area contributed by atoms with Crippen LogP contribution in [0.4, 0.5) is 4.39 Å². The maximum absolute atomic E-state index is 13.4. The molecule has 0 aliphatic carbocycles. The zero-order chi connectivity index (χ0) is 13.8. The number of hydrogen-bond donors (Lipinski definition) is 1. The fraction of sp³-hybridized carbons (Fsp3) is 0.143. The molecule has 0 fully saturated rings. The summed E-state index contributed by atoms with van der Waals surface area (Å²) in [6.45, 7) is 1.61. The van der Waals surface area contributed by atoms with Crippen LogP contribution in [-0.2, 0) is 0 Å². The van der Waals surface area contributed by atoms with E-state index in [9.17, 15) is 9.50 Å². The van der Waals surface area contributed by atoms with Crippen molar-refractivity contribution in [1.29, 1.82) is 5.26 Å². The van der Waals surface area contributed by atoms with Gasteiger partial charge in [-0.25, -0.2) is 9.37 Å². The minimum Gasteiger partial charge on any atom is -0.438 e. The Kier molecular flexibility index (Phi) is 3.74. The van der Waals surface area contributed by atoms with Crippen LogP contribution < -0.4 is 4.74 Å². The number of hydrogen-bond acceptors (Lipinski definition) is 4. The molecule has 2 rings (SSSR count). The van der Waals surface area contributed by atoms with Gasteiger partial charge < -0.3 is 9.84 Å². The van der Waals surface area contributed by atoms with Crippen LogP contribution in [0.3, 0.4) is 0 Å². The number of nitrogens with zero attached hydrogens (tertiary/aromatic N) is 2. The lowest BCUT2D eigenvalue weighted by Gasteiger charge is -2.09. The third-order valence-electron chi connectivity index (χ3n) is 2.54. The quantitative estimate of drug-likeness (QED) is 0.919. The van der Waals surface area contributed by atoms with Crippen molar-refractivity contribution in [2.45, 2.75) is 13.0 Å². The Morgan fingerprint density at radius 1 is 1.42 bits per heavy atom. The van der Waals surface area contributed by atoms with E-state index < -0.39 is 11.9 Å². The average Bonchev–Trinajstić information content (AvgIpc) is 2.39. The molecule has 1 heterocycles. The molecule has 19 heavy (non-hydrogen) atoms. The second-order valence-electron chi connectivity index (χ2n) is 3.93. The maximum atomic E-state index is 13.4. The van der Waals surface area contributed by atoms with Crippen LogP contribution in [0, 0.1) is 17.1 Å². The van der Waals surface area contributed by atoms with Crippen molar-refractivity contribution < 1.29 is 14.2 Å². The first-order valence-electron chi connectivity index (χ1n) is 5.62. The second kappa shape index (κ2) is 5.46. The molecule has 4 nitrogen and oxygen atoms in total. The summed E-state index contributed by atoms with van der Waals surface area (Å²) in [6.07, 6.45) is 0.816. The van der Waals surface area contributed by atoms with Gasteiger partial charge in [-0.1, -0.05) is 6.07 Å². The molecule has 0 spiro atoms. The van der Waals surface area contributed by atoms with Gasteiger partial charge in [0.2, 0.25) is 5.88 Å². The second-order valence-corrected chi connectivity index (χ2v) is 3.93. The number of aliphatic hydroxyl groups is 1. The molecule has 2 aromatic rings. The van der Waals surface area contributed by atoms with Crippen LogP contribution in [0.5, 0.6) is 11.6 Å². The predicted octanol–water partition coefficient (Wildman–Crippen LogP) is 2.94. The summed E-state index contributed by atoms with van der Waals surface area (Å²) in [5, 5.41) is 18.4. The van der Waals surface area contributed by atoms with E-state index in [1.54, 1.807) is 19.1 Å². The van der Waals surface area contributed by atoms with E-state index in [0.717, 1.165) is 0 Å². The number of nitriles is 1. The highest BCUT2D eigenvalue weighted by molar-refractivity contribution is 5.45. The molecule has 0 saturated carbocycles. The fourth-order valence-electron chi connectivity index (χ4n) is 1.55. The highest BCUT2D eigenvalue weighted by Crippen LogP contribution is 2.26.